The van der Waals surface area contributed by atoms with Gasteiger partial charge in [0, 0.05) is 6.54 Å². The van der Waals surface area contributed by atoms with Crippen molar-refractivity contribution in [3.05, 3.63) is 22.2 Å². The highest BCUT2D eigenvalue weighted by Crippen LogP contribution is 2.27. The Labute approximate surface area is 91.4 Å². The van der Waals surface area contributed by atoms with Crippen molar-refractivity contribution in [1.82, 2.24) is 9.97 Å². The molecule has 1 aromatic carbocycles. The Bertz CT molecular complexity index is 425. The Morgan fingerprint density at radius 3 is 2.79 bits per heavy atom. The predicted octanol–water partition coefficient (Wildman–Crippen LogP) is 3.30. The summed E-state index contributed by atoms with van der Waals surface area (Å²) in [5.74, 6) is 0.737. The van der Waals surface area contributed by atoms with Gasteiger partial charge >= 0.3 is 0 Å². The number of imidazole rings is 1. The van der Waals surface area contributed by atoms with Crippen LogP contribution in [0.3, 0.4) is 0 Å². The SMILES string of the molecule is CCNc1nc2cc(Cl)c(Cl)cc2[nH]1. The first-order valence-corrected chi connectivity index (χ1v) is 5.05. The Morgan fingerprint density at radius 2 is 2.07 bits per heavy atom. The second-order valence-corrected chi connectivity index (χ2v) is 3.71. The number of hydrogen-bond donors (Lipinski definition) is 2. The van der Waals surface area contributed by atoms with E-state index in [0.717, 1.165) is 23.5 Å². The molecule has 14 heavy (non-hydrogen) atoms. The molecule has 1 heterocycles. The van der Waals surface area contributed by atoms with Gasteiger partial charge in [-0.15, -0.1) is 0 Å². The van der Waals surface area contributed by atoms with Crippen molar-refractivity contribution >= 4 is 40.2 Å². The first kappa shape index (κ1) is 9.62. The quantitative estimate of drug-likeness (QED) is 0.830. The number of fused-ring (bicyclic) bond motifs is 1. The average Bonchev–Trinajstić information content (AvgIpc) is 2.48. The Balaban J connectivity index is 2.54. The highest BCUT2D eigenvalue weighted by Gasteiger charge is 2.05. The number of nitrogens with zero attached hydrogens (tertiary/aromatic N) is 1. The second-order valence-electron chi connectivity index (χ2n) is 2.90. The molecule has 0 radical (unpaired) electrons. The van der Waals surface area contributed by atoms with Crippen LogP contribution in [0.4, 0.5) is 5.95 Å². The van der Waals surface area contributed by atoms with Crippen LogP contribution in [0.5, 0.6) is 0 Å². The summed E-state index contributed by atoms with van der Waals surface area (Å²) in [4.78, 5) is 7.39. The van der Waals surface area contributed by atoms with Crippen LogP contribution in [0.25, 0.3) is 11.0 Å². The summed E-state index contributed by atoms with van der Waals surface area (Å²) in [6.07, 6.45) is 0. The van der Waals surface area contributed by atoms with E-state index in [2.05, 4.69) is 15.3 Å². The number of halogens is 2. The normalized spacial score (nSPS) is 10.8. The molecular formula is C9H9Cl2N3. The van der Waals surface area contributed by atoms with Gasteiger partial charge in [0.25, 0.3) is 0 Å². The molecule has 2 aromatic rings. The summed E-state index contributed by atoms with van der Waals surface area (Å²) < 4.78 is 0. The van der Waals surface area contributed by atoms with Crippen LogP contribution in [0.2, 0.25) is 10.0 Å². The van der Waals surface area contributed by atoms with E-state index in [1.54, 1.807) is 12.1 Å². The van der Waals surface area contributed by atoms with Crippen LogP contribution >= 0.6 is 23.2 Å². The summed E-state index contributed by atoms with van der Waals surface area (Å²) >= 11 is 11.7. The minimum atomic E-state index is 0.522. The van der Waals surface area contributed by atoms with E-state index in [-0.39, 0.29) is 0 Å². The third kappa shape index (κ3) is 1.65. The molecule has 2 N–H and O–H groups in total. The number of aromatic amines is 1. The molecule has 74 valence electrons. The van der Waals surface area contributed by atoms with E-state index < -0.39 is 0 Å². The lowest BCUT2D eigenvalue weighted by Gasteiger charge is -1.93. The summed E-state index contributed by atoms with van der Waals surface area (Å²) in [7, 11) is 0. The minimum absolute atomic E-state index is 0.522. The van der Waals surface area contributed by atoms with Crippen LogP contribution in [0, 0.1) is 0 Å². The maximum atomic E-state index is 5.87. The molecule has 0 saturated heterocycles. The predicted molar refractivity (Wildman–Crippen MR) is 60.3 cm³/mol. The molecule has 0 saturated carbocycles. The topological polar surface area (TPSA) is 40.7 Å². The molecule has 0 aliphatic heterocycles. The number of hydrogen-bond acceptors (Lipinski definition) is 2. The number of anilines is 1. The summed E-state index contributed by atoms with van der Waals surface area (Å²) in [5, 5.41) is 4.14. The zero-order valence-electron chi connectivity index (χ0n) is 7.56. The van der Waals surface area contributed by atoms with Crippen LogP contribution in [-0.2, 0) is 0 Å². The van der Waals surface area contributed by atoms with Gasteiger partial charge in [0.1, 0.15) is 0 Å². The smallest absolute Gasteiger partial charge is 0.201 e. The van der Waals surface area contributed by atoms with Crippen molar-refractivity contribution in [3.63, 3.8) is 0 Å². The van der Waals surface area contributed by atoms with Gasteiger partial charge in [0.15, 0.2) is 0 Å². The van der Waals surface area contributed by atoms with Gasteiger partial charge in [-0.2, -0.15) is 0 Å². The molecule has 0 bridgehead atoms. The van der Waals surface area contributed by atoms with Crippen molar-refractivity contribution < 1.29 is 0 Å². The standard InChI is InChI=1S/C9H9Cl2N3/c1-2-12-9-13-7-3-5(10)6(11)4-8(7)14-9/h3-4H,2H2,1H3,(H2,12,13,14). The first-order chi connectivity index (χ1) is 6.70. The number of nitrogens with one attached hydrogen (secondary N) is 2. The fraction of sp³-hybridized carbons (Fsp3) is 0.222. The lowest BCUT2D eigenvalue weighted by molar-refractivity contribution is 1.14. The van der Waals surface area contributed by atoms with E-state index in [0.29, 0.717) is 10.0 Å². The highest BCUT2D eigenvalue weighted by molar-refractivity contribution is 6.42. The monoisotopic (exact) mass is 229 g/mol. The number of aromatic nitrogens is 2. The zero-order valence-corrected chi connectivity index (χ0v) is 9.08. The van der Waals surface area contributed by atoms with E-state index in [4.69, 9.17) is 23.2 Å². The van der Waals surface area contributed by atoms with Gasteiger partial charge in [-0.3, -0.25) is 0 Å². The van der Waals surface area contributed by atoms with Gasteiger partial charge < -0.3 is 10.3 Å². The van der Waals surface area contributed by atoms with Gasteiger partial charge in [0.2, 0.25) is 5.95 Å². The van der Waals surface area contributed by atoms with Crippen LogP contribution in [0.1, 0.15) is 6.92 Å². The molecular weight excluding hydrogens is 221 g/mol. The number of benzene rings is 1. The third-order valence-electron chi connectivity index (χ3n) is 1.87. The molecule has 5 heteroatoms. The summed E-state index contributed by atoms with van der Waals surface area (Å²) in [6, 6.07) is 3.52. The second kappa shape index (κ2) is 3.67. The van der Waals surface area contributed by atoms with Crippen LogP contribution < -0.4 is 5.32 Å². The summed E-state index contributed by atoms with van der Waals surface area (Å²) in [6.45, 7) is 2.83. The van der Waals surface area contributed by atoms with Crippen molar-refractivity contribution in [2.45, 2.75) is 6.92 Å². The molecule has 0 atom stereocenters. The molecule has 1 aromatic heterocycles. The lowest BCUT2D eigenvalue weighted by Crippen LogP contribution is -1.97. The highest BCUT2D eigenvalue weighted by atomic mass is 35.5. The zero-order chi connectivity index (χ0) is 10.1. The minimum Gasteiger partial charge on any atom is -0.356 e. The molecule has 0 unspecified atom stereocenters. The fourth-order valence-electron chi connectivity index (χ4n) is 1.26. The number of H-pyrrole nitrogens is 1. The van der Waals surface area contributed by atoms with E-state index >= 15 is 0 Å². The Morgan fingerprint density at radius 1 is 1.36 bits per heavy atom. The van der Waals surface area contributed by atoms with Crippen molar-refractivity contribution in [3.8, 4) is 0 Å². The van der Waals surface area contributed by atoms with Crippen molar-refractivity contribution in [2.75, 3.05) is 11.9 Å². The van der Waals surface area contributed by atoms with Gasteiger partial charge in [-0.25, -0.2) is 4.98 Å². The van der Waals surface area contributed by atoms with E-state index in [1.165, 1.54) is 0 Å². The molecule has 3 nitrogen and oxygen atoms in total. The molecule has 2 rings (SSSR count). The first-order valence-electron chi connectivity index (χ1n) is 4.29. The van der Waals surface area contributed by atoms with Crippen molar-refractivity contribution in [1.29, 1.82) is 0 Å². The average molecular weight is 230 g/mol. The third-order valence-corrected chi connectivity index (χ3v) is 2.59. The van der Waals surface area contributed by atoms with E-state index in [9.17, 15) is 0 Å². The van der Waals surface area contributed by atoms with Crippen LogP contribution in [-0.4, -0.2) is 16.5 Å². The molecule has 0 aliphatic rings. The molecule has 0 fully saturated rings. The fourth-order valence-corrected chi connectivity index (χ4v) is 1.58. The Hall–Kier alpha value is -0.930. The summed E-state index contributed by atoms with van der Waals surface area (Å²) in [5.41, 5.74) is 1.70. The van der Waals surface area contributed by atoms with Gasteiger partial charge in [-0.05, 0) is 19.1 Å². The molecule has 0 spiro atoms. The molecule has 0 amide bonds. The maximum Gasteiger partial charge on any atom is 0.201 e. The van der Waals surface area contributed by atoms with Gasteiger partial charge in [-0.1, -0.05) is 23.2 Å². The van der Waals surface area contributed by atoms with Gasteiger partial charge in [0.05, 0.1) is 21.1 Å². The molecule has 0 aliphatic carbocycles. The largest absolute Gasteiger partial charge is 0.356 e. The lowest BCUT2D eigenvalue weighted by atomic mass is 10.3. The van der Waals surface area contributed by atoms with Crippen molar-refractivity contribution in [2.24, 2.45) is 0 Å². The van der Waals surface area contributed by atoms with Crippen LogP contribution in [0.15, 0.2) is 12.1 Å². The maximum absolute atomic E-state index is 5.87. The van der Waals surface area contributed by atoms with E-state index in [1.807, 2.05) is 6.92 Å². The Kier molecular flexibility index (Phi) is 2.52. The number of rotatable bonds is 2.